The highest BCUT2D eigenvalue weighted by Gasteiger charge is 2.22. The van der Waals surface area contributed by atoms with E-state index in [1.165, 1.54) is 0 Å². The van der Waals surface area contributed by atoms with Crippen LogP contribution in [0.2, 0.25) is 5.15 Å². The summed E-state index contributed by atoms with van der Waals surface area (Å²) in [5.41, 5.74) is 6.03. The summed E-state index contributed by atoms with van der Waals surface area (Å²) in [6.07, 6.45) is 1.78. The van der Waals surface area contributed by atoms with E-state index >= 15 is 0 Å². The zero-order valence-electron chi connectivity index (χ0n) is 13.9. The van der Waals surface area contributed by atoms with Crippen LogP contribution in [0.4, 0.5) is 11.6 Å². The van der Waals surface area contributed by atoms with Gasteiger partial charge >= 0.3 is 0 Å². The van der Waals surface area contributed by atoms with Crippen molar-refractivity contribution in [2.45, 2.75) is 32.7 Å². The van der Waals surface area contributed by atoms with E-state index < -0.39 is 0 Å². The van der Waals surface area contributed by atoms with Crippen molar-refractivity contribution < 1.29 is 4.79 Å². The SMILES string of the molecule is CC(C)CN(C)c1nc(N)c(C(=O)NC2CCNCC2)nc1Cl. The van der Waals surface area contributed by atoms with Crippen molar-refractivity contribution in [2.24, 2.45) is 5.92 Å². The Kier molecular flexibility index (Phi) is 6.01. The molecule has 0 saturated carbocycles. The van der Waals surface area contributed by atoms with E-state index in [1.807, 2.05) is 11.9 Å². The van der Waals surface area contributed by atoms with Gasteiger partial charge in [-0.25, -0.2) is 9.97 Å². The molecule has 1 aromatic rings. The Bertz CT molecular complexity index is 559. The smallest absolute Gasteiger partial charge is 0.274 e. The van der Waals surface area contributed by atoms with Crippen LogP contribution in [0.15, 0.2) is 0 Å². The Morgan fingerprint density at radius 2 is 2.09 bits per heavy atom. The molecule has 0 radical (unpaired) electrons. The molecule has 128 valence electrons. The van der Waals surface area contributed by atoms with Gasteiger partial charge in [0, 0.05) is 19.6 Å². The van der Waals surface area contributed by atoms with Crippen molar-refractivity contribution in [2.75, 3.05) is 37.3 Å². The Labute approximate surface area is 142 Å². The van der Waals surface area contributed by atoms with Crippen LogP contribution < -0.4 is 21.3 Å². The number of nitrogens with two attached hydrogens (primary N) is 1. The summed E-state index contributed by atoms with van der Waals surface area (Å²) in [5, 5.41) is 6.40. The van der Waals surface area contributed by atoms with Gasteiger partial charge in [0.2, 0.25) is 0 Å². The number of anilines is 2. The van der Waals surface area contributed by atoms with E-state index in [2.05, 4.69) is 34.4 Å². The van der Waals surface area contributed by atoms with Crippen molar-refractivity contribution >= 4 is 29.1 Å². The van der Waals surface area contributed by atoms with Crippen LogP contribution in [0.3, 0.4) is 0 Å². The number of amides is 1. The molecule has 1 aromatic heterocycles. The van der Waals surface area contributed by atoms with Crippen molar-refractivity contribution in [3.05, 3.63) is 10.8 Å². The third kappa shape index (κ3) is 4.68. The normalized spacial score (nSPS) is 15.7. The highest BCUT2D eigenvalue weighted by Crippen LogP contribution is 2.24. The number of hydrogen-bond acceptors (Lipinski definition) is 6. The van der Waals surface area contributed by atoms with E-state index in [0.29, 0.717) is 11.7 Å². The van der Waals surface area contributed by atoms with Crippen molar-refractivity contribution in [3.63, 3.8) is 0 Å². The second-order valence-corrected chi connectivity index (χ2v) is 6.70. The predicted molar refractivity (Wildman–Crippen MR) is 92.9 cm³/mol. The fourth-order valence-electron chi connectivity index (χ4n) is 2.68. The number of nitrogens with zero attached hydrogens (tertiary/aromatic N) is 3. The summed E-state index contributed by atoms with van der Waals surface area (Å²) in [6, 6.07) is 0.131. The molecular weight excluding hydrogens is 316 g/mol. The molecule has 2 rings (SSSR count). The number of aromatic nitrogens is 2. The first-order chi connectivity index (χ1) is 10.9. The summed E-state index contributed by atoms with van der Waals surface area (Å²) < 4.78 is 0. The summed E-state index contributed by atoms with van der Waals surface area (Å²) in [4.78, 5) is 22.7. The van der Waals surface area contributed by atoms with Gasteiger partial charge in [-0.05, 0) is 31.8 Å². The molecule has 0 aromatic carbocycles. The lowest BCUT2D eigenvalue weighted by Crippen LogP contribution is -2.43. The first-order valence-electron chi connectivity index (χ1n) is 7.94. The van der Waals surface area contributed by atoms with Gasteiger partial charge in [0.15, 0.2) is 22.5 Å². The van der Waals surface area contributed by atoms with Gasteiger partial charge in [0.05, 0.1) is 0 Å². The van der Waals surface area contributed by atoms with Crippen LogP contribution >= 0.6 is 11.6 Å². The molecule has 23 heavy (non-hydrogen) atoms. The average Bonchev–Trinajstić information content (AvgIpc) is 2.49. The minimum Gasteiger partial charge on any atom is -0.382 e. The van der Waals surface area contributed by atoms with Crippen molar-refractivity contribution in [1.82, 2.24) is 20.6 Å². The molecule has 7 nitrogen and oxygen atoms in total. The van der Waals surface area contributed by atoms with E-state index in [0.717, 1.165) is 32.5 Å². The topological polar surface area (TPSA) is 96.2 Å². The van der Waals surface area contributed by atoms with Gasteiger partial charge in [-0.3, -0.25) is 4.79 Å². The van der Waals surface area contributed by atoms with Gasteiger partial charge in [0.25, 0.3) is 5.91 Å². The van der Waals surface area contributed by atoms with E-state index in [-0.39, 0.29) is 28.6 Å². The second-order valence-electron chi connectivity index (χ2n) is 6.34. The Morgan fingerprint density at radius 1 is 1.43 bits per heavy atom. The van der Waals surface area contributed by atoms with Gasteiger partial charge in [0.1, 0.15) is 0 Å². The lowest BCUT2D eigenvalue weighted by molar-refractivity contribution is 0.0925. The fraction of sp³-hybridized carbons (Fsp3) is 0.667. The maximum Gasteiger partial charge on any atom is 0.274 e. The largest absolute Gasteiger partial charge is 0.382 e. The highest BCUT2D eigenvalue weighted by atomic mass is 35.5. The van der Waals surface area contributed by atoms with Crippen LogP contribution in [0.5, 0.6) is 0 Å². The molecular formula is C15H25ClN6O. The summed E-state index contributed by atoms with van der Waals surface area (Å²) in [6.45, 7) is 6.76. The lowest BCUT2D eigenvalue weighted by Gasteiger charge is -2.24. The zero-order chi connectivity index (χ0) is 17.0. The summed E-state index contributed by atoms with van der Waals surface area (Å²) >= 11 is 6.21. The number of nitrogen functional groups attached to an aromatic ring is 1. The Balaban J connectivity index is 2.13. The Morgan fingerprint density at radius 3 is 2.70 bits per heavy atom. The van der Waals surface area contributed by atoms with Gasteiger partial charge in [-0.15, -0.1) is 0 Å². The van der Waals surface area contributed by atoms with Crippen molar-refractivity contribution in [3.8, 4) is 0 Å². The molecule has 1 fully saturated rings. The molecule has 0 spiro atoms. The number of piperidine rings is 1. The maximum absolute atomic E-state index is 12.4. The molecule has 1 amide bonds. The summed E-state index contributed by atoms with van der Waals surface area (Å²) in [5.74, 6) is 0.728. The van der Waals surface area contributed by atoms with E-state index in [1.54, 1.807) is 0 Å². The maximum atomic E-state index is 12.4. The molecule has 0 aliphatic carbocycles. The first kappa shape index (κ1) is 17.7. The molecule has 4 N–H and O–H groups in total. The number of carbonyl (C=O) groups is 1. The van der Waals surface area contributed by atoms with Gasteiger partial charge in [-0.2, -0.15) is 0 Å². The molecule has 0 unspecified atom stereocenters. The minimum atomic E-state index is -0.318. The average molecular weight is 341 g/mol. The van der Waals surface area contributed by atoms with Crippen LogP contribution in [0.25, 0.3) is 0 Å². The van der Waals surface area contributed by atoms with E-state index in [4.69, 9.17) is 17.3 Å². The van der Waals surface area contributed by atoms with Gasteiger partial charge in [-0.1, -0.05) is 25.4 Å². The van der Waals surface area contributed by atoms with Crippen molar-refractivity contribution in [1.29, 1.82) is 0 Å². The third-order valence-electron chi connectivity index (χ3n) is 3.75. The molecule has 1 aliphatic heterocycles. The first-order valence-corrected chi connectivity index (χ1v) is 8.32. The monoisotopic (exact) mass is 340 g/mol. The minimum absolute atomic E-state index is 0.0928. The number of nitrogens with one attached hydrogen (secondary N) is 2. The standard InChI is InChI=1S/C15H25ClN6O/c1-9(2)8-22(3)14-12(16)20-11(13(17)21-14)15(23)19-10-4-6-18-7-5-10/h9-10,18H,4-8H2,1-3H3,(H2,17,21)(H,19,23). The van der Waals surface area contributed by atoms with Crippen LogP contribution in [0, 0.1) is 5.92 Å². The number of carbonyl (C=O) groups excluding carboxylic acids is 1. The van der Waals surface area contributed by atoms with Crippen LogP contribution in [0.1, 0.15) is 37.2 Å². The quantitative estimate of drug-likeness (QED) is 0.747. The zero-order valence-corrected chi connectivity index (χ0v) is 14.7. The molecule has 0 bridgehead atoms. The molecule has 2 heterocycles. The van der Waals surface area contributed by atoms with Crippen LogP contribution in [-0.4, -0.2) is 48.6 Å². The second kappa shape index (κ2) is 7.79. The molecule has 0 atom stereocenters. The number of hydrogen-bond donors (Lipinski definition) is 3. The molecule has 1 aliphatic rings. The third-order valence-corrected chi connectivity index (χ3v) is 4.01. The molecule has 1 saturated heterocycles. The van der Waals surface area contributed by atoms with Crippen LogP contribution in [-0.2, 0) is 0 Å². The highest BCUT2D eigenvalue weighted by molar-refractivity contribution is 6.32. The lowest BCUT2D eigenvalue weighted by atomic mass is 10.1. The number of rotatable bonds is 5. The molecule has 8 heteroatoms. The summed E-state index contributed by atoms with van der Waals surface area (Å²) in [7, 11) is 1.88. The number of halogens is 1. The van der Waals surface area contributed by atoms with E-state index in [9.17, 15) is 4.79 Å². The van der Waals surface area contributed by atoms with Gasteiger partial charge < -0.3 is 21.3 Å². The predicted octanol–water partition coefficient (Wildman–Crippen LogP) is 1.29. The fourth-order valence-corrected chi connectivity index (χ4v) is 2.95. The Hall–Kier alpha value is -1.60.